The predicted molar refractivity (Wildman–Crippen MR) is 67.9 cm³/mol. The standard InChI is InChI=1S/C11H8Br2O3/c1-15-11(14)7-4-9(13)10-6(2-3-16-10)8(7)5-12/h2-4H,5H2,1H3. The molecule has 5 heteroatoms. The first kappa shape index (κ1) is 11.7. The summed E-state index contributed by atoms with van der Waals surface area (Å²) >= 11 is 6.74. The Hall–Kier alpha value is -0.810. The molecule has 0 fully saturated rings. The van der Waals surface area contributed by atoms with Crippen LogP contribution in [0.25, 0.3) is 11.0 Å². The van der Waals surface area contributed by atoms with Crippen LogP contribution in [0.4, 0.5) is 0 Å². The zero-order chi connectivity index (χ0) is 11.7. The van der Waals surface area contributed by atoms with Crippen LogP contribution in [0.1, 0.15) is 15.9 Å². The van der Waals surface area contributed by atoms with Gasteiger partial charge < -0.3 is 9.15 Å². The lowest BCUT2D eigenvalue weighted by atomic mass is 10.1. The van der Waals surface area contributed by atoms with Crippen molar-refractivity contribution in [2.45, 2.75) is 5.33 Å². The molecule has 2 aromatic rings. The van der Waals surface area contributed by atoms with E-state index in [4.69, 9.17) is 9.15 Å². The summed E-state index contributed by atoms with van der Waals surface area (Å²) in [5, 5.41) is 1.48. The molecule has 0 aliphatic heterocycles. The quantitative estimate of drug-likeness (QED) is 0.611. The Labute approximate surface area is 109 Å². The van der Waals surface area contributed by atoms with Crippen LogP contribution in [-0.4, -0.2) is 13.1 Å². The molecular weight excluding hydrogens is 340 g/mol. The largest absolute Gasteiger partial charge is 0.465 e. The van der Waals surface area contributed by atoms with Gasteiger partial charge in [0.05, 0.1) is 23.4 Å². The number of carbonyl (C=O) groups is 1. The molecule has 0 amide bonds. The first-order valence-corrected chi connectivity index (χ1v) is 6.43. The summed E-state index contributed by atoms with van der Waals surface area (Å²) < 4.78 is 10.8. The van der Waals surface area contributed by atoms with Crippen molar-refractivity contribution in [1.29, 1.82) is 0 Å². The van der Waals surface area contributed by atoms with Crippen LogP contribution in [0.15, 0.2) is 27.3 Å². The fourth-order valence-corrected chi connectivity index (χ4v) is 2.73. The zero-order valence-corrected chi connectivity index (χ0v) is 11.6. The highest BCUT2D eigenvalue weighted by Gasteiger charge is 2.17. The first-order valence-electron chi connectivity index (χ1n) is 4.52. The number of esters is 1. The highest BCUT2D eigenvalue weighted by molar-refractivity contribution is 9.10. The van der Waals surface area contributed by atoms with E-state index < -0.39 is 0 Å². The fourth-order valence-electron chi connectivity index (χ4n) is 1.59. The molecule has 0 N–H and O–H groups in total. The number of carbonyl (C=O) groups excluding carboxylic acids is 1. The van der Waals surface area contributed by atoms with Crippen molar-refractivity contribution < 1.29 is 13.9 Å². The molecule has 0 bridgehead atoms. The maximum Gasteiger partial charge on any atom is 0.338 e. The SMILES string of the molecule is COC(=O)c1cc(Br)c2occc2c1CBr. The Morgan fingerprint density at radius 1 is 1.56 bits per heavy atom. The molecule has 84 valence electrons. The number of benzene rings is 1. The molecule has 3 nitrogen and oxygen atoms in total. The van der Waals surface area contributed by atoms with Crippen LogP contribution in [0.2, 0.25) is 0 Å². The van der Waals surface area contributed by atoms with Gasteiger partial charge in [-0.2, -0.15) is 0 Å². The maximum atomic E-state index is 11.6. The molecule has 0 aliphatic carbocycles. The molecule has 0 saturated heterocycles. The third-order valence-electron chi connectivity index (χ3n) is 2.34. The number of rotatable bonds is 2. The van der Waals surface area contributed by atoms with Gasteiger partial charge in [0, 0.05) is 10.7 Å². The minimum Gasteiger partial charge on any atom is -0.465 e. The van der Waals surface area contributed by atoms with Crippen molar-refractivity contribution in [1.82, 2.24) is 0 Å². The van der Waals surface area contributed by atoms with Crippen LogP contribution >= 0.6 is 31.9 Å². The monoisotopic (exact) mass is 346 g/mol. The van der Waals surface area contributed by atoms with E-state index in [1.165, 1.54) is 7.11 Å². The van der Waals surface area contributed by atoms with E-state index >= 15 is 0 Å². The van der Waals surface area contributed by atoms with Crippen molar-refractivity contribution in [2.75, 3.05) is 7.11 Å². The number of halogens is 2. The molecule has 0 radical (unpaired) electrons. The highest BCUT2D eigenvalue weighted by atomic mass is 79.9. The molecule has 0 aliphatic rings. The lowest BCUT2D eigenvalue weighted by molar-refractivity contribution is 0.0600. The molecule has 16 heavy (non-hydrogen) atoms. The normalized spacial score (nSPS) is 10.7. The van der Waals surface area contributed by atoms with Crippen molar-refractivity contribution in [2.24, 2.45) is 0 Å². The van der Waals surface area contributed by atoms with Crippen molar-refractivity contribution in [3.63, 3.8) is 0 Å². The minimum absolute atomic E-state index is 0.349. The lowest BCUT2D eigenvalue weighted by Gasteiger charge is -2.07. The molecule has 1 aromatic carbocycles. The molecule has 1 heterocycles. The third-order valence-corrected chi connectivity index (χ3v) is 3.49. The summed E-state index contributed by atoms with van der Waals surface area (Å²) in [6.45, 7) is 0. The van der Waals surface area contributed by atoms with Crippen molar-refractivity contribution in [3.8, 4) is 0 Å². The topological polar surface area (TPSA) is 39.4 Å². The van der Waals surface area contributed by atoms with Gasteiger partial charge in [-0.3, -0.25) is 0 Å². The first-order chi connectivity index (χ1) is 7.69. The van der Waals surface area contributed by atoms with E-state index in [1.54, 1.807) is 12.3 Å². The number of hydrogen-bond acceptors (Lipinski definition) is 3. The average Bonchev–Trinajstić information content (AvgIpc) is 2.77. The van der Waals surface area contributed by atoms with Crippen LogP contribution < -0.4 is 0 Å². The van der Waals surface area contributed by atoms with E-state index in [9.17, 15) is 4.79 Å². The summed E-state index contributed by atoms with van der Waals surface area (Å²) in [6, 6.07) is 3.55. The molecular formula is C11H8Br2O3. The van der Waals surface area contributed by atoms with Gasteiger partial charge in [0.15, 0.2) is 0 Å². The maximum absolute atomic E-state index is 11.6. The van der Waals surface area contributed by atoms with Crippen LogP contribution in [0, 0.1) is 0 Å². The number of hydrogen-bond donors (Lipinski definition) is 0. The van der Waals surface area contributed by atoms with Gasteiger partial charge in [-0.05, 0) is 33.6 Å². The lowest BCUT2D eigenvalue weighted by Crippen LogP contribution is -2.05. The van der Waals surface area contributed by atoms with E-state index in [1.807, 2.05) is 6.07 Å². The second kappa shape index (κ2) is 4.59. The molecule has 0 atom stereocenters. The van der Waals surface area contributed by atoms with E-state index in [2.05, 4.69) is 31.9 Å². The Morgan fingerprint density at radius 3 is 2.94 bits per heavy atom. The van der Waals surface area contributed by atoms with Crippen LogP contribution in [0.5, 0.6) is 0 Å². The smallest absolute Gasteiger partial charge is 0.338 e. The fraction of sp³-hybridized carbons (Fsp3) is 0.182. The number of ether oxygens (including phenoxy) is 1. The molecule has 2 rings (SSSR count). The van der Waals surface area contributed by atoms with Gasteiger partial charge in [0.2, 0.25) is 0 Å². The number of furan rings is 1. The van der Waals surface area contributed by atoms with Gasteiger partial charge in [0.1, 0.15) is 5.58 Å². The average molecular weight is 348 g/mol. The second-order valence-electron chi connectivity index (χ2n) is 3.17. The van der Waals surface area contributed by atoms with E-state index in [-0.39, 0.29) is 5.97 Å². The second-order valence-corrected chi connectivity index (χ2v) is 4.59. The number of methoxy groups -OCH3 is 1. The van der Waals surface area contributed by atoms with E-state index in [0.717, 1.165) is 21.0 Å². The summed E-state index contributed by atoms with van der Waals surface area (Å²) in [5.41, 5.74) is 2.15. The van der Waals surface area contributed by atoms with Gasteiger partial charge >= 0.3 is 5.97 Å². The minimum atomic E-state index is -0.349. The van der Waals surface area contributed by atoms with Crippen LogP contribution in [-0.2, 0) is 10.1 Å². The third kappa shape index (κ3) is 1.78. The highest BCUT2D eigenvalue weighted by Crippen LogP contribution is 2.32. The molecule has 0 spiro atoms. The number of alkyl halides is 1. The van der Waals surface area contributed by atoms with Gasteiger partial charge in [-0.1, -0.05) is 15.9 Å². The van der Waals surface area contributed by atoms with Crippen molar-refractivity contribution >= 4 is 48.8 Å². The molecule has 0 saturated carbocycles. The van der Waals surface area contributed by atoms with Gasteiger partial charge in [0.25, 0.3) is 0 Å². The summed E-state index contributed by atoms with van der Waals surface area (Å²) in [7, 11) is 1.37. The molecule has 0 unspecified atom stereocenters. The van der Waals surface area contributed by atoms with Crippen LogP contribution in [0.3, 0.4) is 0 Å². The molecule has 1 aromatic heterocycles. The zero-order valence-electron chi connectivity index (χ0n) is 8.42. The summed E-state index contributed by atoms with van der Waals surface area (Å²) in [4.78, 5) is 11.6. The predicted octanol–water partition coefficient (Wildman–Crippen LogP) is 3.88. The number of fused-ring (bicyclic) bond motifs is 1. The Bertz CT molecular complexity index is 545. The van der Waals surface area contributed by atoms with E-state index in [0.29, 0.717) is 10.9 Å². The Morgan fingerprint density at radius 2 is 2.31 bits per heavy atom. The Balaban J connectivity index is 2.78. The van der Waals surface area contributed by atoms with Gasteiger partial charge in [-0.15, -0.1) is 0 Å². The van der Waals surface area contributed by atoms with Gasteiger partial charge in [-0.25, -0.2) is 4.79 Å². The summed E-state index contributed by atoms with van der Waals surface area (Å²) in [5.74, 6) is -0.349. The summed E-state index contributed by atoms with van der Waals surface area (Å²) in [6.07, 6.45) is 1.60. The Kier molecular flexibility index (Phi) is 3.35. The van der Waals surface area contributed by atoms with Crippen molar-refractivity contribution in [3.05, 3.63) is 34.0 Å².